The summed E-state index contributed by atoms with van der Waals surface area (Å²) >= 11 is 1.90. The zero-order valence-electron chi connectivity index (χ0n) is 34.1. The Morgan fingerprint density at radius 1 is 0.482 bits per heavy atom. The van der Waals surface area contributed by atoms with Crippen molar-refractivity contribution in [3.63, 3.8) is 0 Å². The molecule has 0 saturated heterocycles. The number of nitrogens with zero attached hydrogens (tertiary/aromatic N) is 2. The minimum Gasteiger partial charge on any atom is -0.376 e. The molecule has 0 unspecified atom stereocenters. The van der Waals surface area contributed by atoms with Gasteiger partial charge in [0.05, 0.1) is 5.69 Å². The predicted molar refractivity (Wildman–Crippen MR) is 247 cm³/mol. The molecule has 0 N–H and O–H groups in total. The fourth-order valence-corrected chi connectivity index (χ4v) is 10.4. The lowest BCUT2D eigenvalue weighted by Crippen LogP contribution is -2.61. The van der Waals surface area contributed by atoms with E-state index in [0.29, 0.717) is 0 Å². The van der Waals surface area contributed by atoms with Crippen LogP contribution in [0.3, 0.4) is 0 Å². The molecule has 4 heteroatoms. The van der Waals surface area contributed by atoms with Crippen LogP contribution in [0.1, 0.15) is 79.0 Å². The SMILES string of the molecule is CC(C)(C)c1ccc(N2B3c4cc(C(C)(C)C)ccc4N(c4ccc(C(C)(C)C)cc4)c4c3c(cc3ccccc43)-c3ccc4sc5ccccc5c4c32)cc1. The van der Waals surface area contributed by atoms with Gasteiger partial charge in [0.1, 0.15) is 0 Å². The van der Waals surface area contributed by atoms with Gasteiger partial charge in [-0.1, -0.05) is 147 Å². The summed E-state index contributed by atoms with van der Waals surface area (Å²) in [6.07, 6.45) is 0. The number of fused-ring (bicyclic) bond motifs is 10. The molecular formula is C52H49BN2S. The van der Waals surface area contributed by atoms with Crippen LogP contribution in [-0.4, -0.2) is 6.85 Å². The first-order chi connectivity index (χ1) is 26.7. The third-order valence-corrected chi connectivity index (χ3v) is 13.4. The molecule has 0 bridgehead atoms. The van der Waals surface area contributed by atoms with Crippen molar-refractivity contribution < 1.29 is 0 Å². The minimum absolute atomic E-state index is 0.0245. The lowest BCUT2D eigenvalue weighted by atomic mass is 9.43. The summed E-state index contributed by atoms with van der Waals surface area (Å²) < 4.78 is 2.65. The van der Waals surface area contributed by atoms with Gasteiger partial charge in [0.25, 0.3) is 0 Å². The highest BCUT2D eigenvalue weighted by Gasteiger charge is 2.47. The van der Waals surface area contributed by atoms with E-state index in [9.17, 15) is 0 Å². The van der Waals surface area contributed by atoms with Gasteiger partial charge in [-0.2, -0.15) is 0 Å². The van der Waals surface area contributed by atoms with Gasteiger partial charge in [0.2, 0.25) is 0 Å². The van der Waals surface area contributed by atoms with Crippen LogP contribution in [0.2, 0.25) is 0 Å². The molecule has 56 heavy (non-hydrogen) atoms. The van der Waals surface area contributed by atoms with E-state index in [2.05, 4.69) is 205 Å². The molecule has 2 nitrogen and oxygen atoms in total. The van der Waals surface area contributed by atoms with Gasteiger partial charge in [-0.15, -0.1) is 11.3 Å². The van der Waals surface area contributed by atoms with Crippen molar-refractivity contribution in [3.05, 3.63) is 150 Å². The molecule has 2 aliphatic heterocycles. The Morgan fingerprint density at radius 2 is 1.07 bits per heavy atom. The molecule has 0 spiro atoms. The summed E-state index contributed by atoms with van der Waals surface area (Å²) in [7, 11) is 0. The van der Waals surface area contributed by atoms with Gasteiger partial charge >= 0.3 is 6.85 Å². The van der Waals surface area contributed by atoms with E-state index >= 15 is 0 Å². The molecule has 0 aliphatic carbocycles. The third kappa shape index (κ3) is 5.29. The molecule has 0 atom stereocenters. The highest BCUT2D eigenvalue weighted by Crippen LogP contribution is 2.53. The van der Waals surface area contributed by atoms with Crippen LogP contribution in [0.5, 0.6) is 0 Å². The van der Waals surface area contributed by atoms with Crippen LogP contribution >= 0.6 is 11.3 Å². The van der Waals surface area contributed by atoms with Crippen molar-refractivity contribution in [2.24, 2.45) is 0 Å². The number of hydrogen-bond donors (Lipinski definition) is 0. The minimum atomic E-state index is -0.0655. The average Bonchev–Trinajstić information content (AvgIpc) is 3.56. The molecule has 7 aromatic carbocycles. The molecular weight excluding hydrogens is 695 g/mol. The van der Waals surface area contributed by atoms with Crippen molar-refractivity contribution in [1.82, 2.24) is 0 Å². The maximum atomic E-state index is 2.72. The van der Waals surface area contributed by atoms with Crippen LogP contribution in [-0.2, 0) is 16.2 Å². The number of thiophene rings is 1. The highest BCUT2D eigenvalue weighted by molar-refractivity contribution is 7.26. The molecule has 0 amide bonds. The first-order valence-electron chi connectivity index (χ1n) is 20.1. The van der Waals surface area contributed by atoms with Gasteiger partial charge in [-0.3, -0.25) is 0 Å². The summed E-state index contributed by atoms with van der Waals surface area (Å²) in [5.41, 5.74) is 15.7. The maximum Gasteiger partial charge on any atom is 0.333 e. The average molecular weight is 745 g/mol. The number of hydrogen-bond acceptors (Lipinski definition) is 3. The molecule has 2 aliphatic rings. The van der Waals surface area contributed by atoms with Gasteiger partial charge in [0.15, 0.2) is 0 Å². The second-order valence-electron chi connectivity index (χ2n) is 19.1. The quantitative estimate of drug-likeness (QED) is 0.163. The smallest absolute Gasteiger partial charge is 0.333 e. The van der Waals surface area contributed by atoms with Gasteiger partial charge in [-0.05, 0) is 103 Å². The maximum absolute atomic E-state index is 2.72. The Morgan fingerprint density at radius 3 is 1.73 bits per heavy atom. The highest BCUT2D eigenvalue weighted by atomic mass is 32.1. The van der Waals surface area contributed by atoms with Gasteiger partial charge < -0.3 is 9.71 Å². The molecule has 0 saturated carbocycles. The number of benzene rings is 7. The number of rotatable bonds is 2. The van der Waals surface area contributed by atoms with Crippen molar-refractivity contribution in [2.45, 2.75) is 78.6 Å². The second-order valence-corrected chi connectivity index (χ2v) is 20.1. The van der Waals surface area contributed by atoms with Crippen LogP contribution in [0.15, 0.2) is 133 Å². The van der Waals surface area contributed by atoms with E-state index in [-0.39, 0.29) is 23.1 Å². The molecule has 3 heterocycles. The van der Waals surface area contributed by atoms with E-state index in [1.807, 2.05) is 11.3 Å². The molecule has 8 aromatic rings. The number of anilines is 5. The Kier molecular flexibility index (Phi) is 7.58. The Labute approximate surface area is 336 Å². The zero-order chi connectivity index (χ0) is 38.9. The molecule has 10 rings (SSSR count). The first-order valence-corrected chi connectivity index (χ1v) is 21.0. The van der Waals surface area contributed by atoms with Crippen LogP contribution in [0.25, 0.3) is 42.1 Å². The van der Waals surface area contributed by atoms with Crippen molar-refractivity contribution >= 4 is 88.5 Å². The first kappa shape index (κ1) is 35.1. The standard InChI is InChI=1S/C52H49BN2S/c1-50(2,3)33-18-23-36(24-19-33)54-43-28-22-35(52(7,8)9)31-42(43)53-47-41(30-32-14-10-11-15-38(32)49(47)54)39-27-29-45-46(40-16-12-13-17-44(40)56-45)48(39)55(53)37-25-20-34(21-26-37)51(4,5)6/h10-31H,1-9H3. The summed E-state index contributed by atoms with van der Waals surface area (Å²) in [5.74, 6) is 0. The lowest BCUT2D eigenvalue weighted by molar-refractivity contribution is 0.590. The van der Waals surface area contributed by atoms with E-state index < -0.39 is 0 Å². The fraction of sp³-hybridized carbons (Fsp3) is 0.231. The van der Waals surface area contributed by atoms with E-state index in [1.165, 1.54) is 98.1 Å². The Balaban J connectivity index is 1.38. The van der Waals surface area contributed by atoms with Gasteiger partial charge in [-0.25, -0.2) is 0 Å². The normalized spacial score (nSPS) is 14.1. The van der Waals surface area contributed by atoms with E-state index in [1.54, 1.807) is 0 Å². The summed E-state index contributed by atoms with van der Waals surface area (Å²) in [6.45, 7) is 20.8. The summed E-state index contributed by atoms with van der Waals surface area (Å²) in [5, 5.41) is 5.20. The predicted octanol–water partition coefficient (Wildman–Crippen LogP) is 13.8. The molecule has 0 fully saturated rings. The van der Waals surface area contributed by atoms with Crippen molar-refractivity contribution in [2.75, 3.05) is 9.71 Å². The van der Waals surface area contributed by atoms with Crippen molar-refractivity contribution in [3.8, 4) is 11.1 Å². The third-order valence-electron chi connectivity index (χ3n) is 12.3. The van der Waals surface area contributed by atoms with E-state index in [4.69, 9.17) is 0 Å². The topological polar surface area (TPSA) is 6.48 Å². The summed E-state index contributed by atoms with van der Waals surface area (Å²) in [4.78, 5) is 5.30. The fourth-order valence-electron chi connectivity index (χ4n) is 9.25. The largest absolute Gasteiger partial charge is 0.376 e. The Bertz CT molecular complexity index is 2860. The molecule has 276 valence electrons. The summed E-state index contributed by atoms with van der Waals surface area (Å²) in [6, 6.07) is 51.4. The van der Waals surface area contributed by atoms with Crippen molar-refractivity contribution in [1.29, 1.82) is 0 Å². The monoisotopic (exact) mass is 744 g/mol. The zero-order valence-corrected chi connectivity index (χ0v) is 34.9. The van der Waals surface area contributed by atoms with Crippen LogP contribution in [0.4, 0.5) is 28.4 Å². The van der Waals surface area contributed by atoms with Crippen LogP contribution in [0, 0.1) is 0 Å². The van der Waals surface area contributed by atoms with Crippen LogP contribution < -0.4 is 20.6 Å². The van der Waals surface area contributed by atoms with Gasteiger partial charge in [0, 0.05) is 53.9 Å². The molecule has 0 radical (unpaired) electrons. The second kappa shape index (κ2) is 12.1. The lowest BCUT2D eigenvalue weighted by Gasteiger charge is -2.47. The molecule has 1 aromatic heterocycles. The Hall–Kier alpha value is -5.32. The van der Waals surface area contributed by atoms with E-state index in [0.717, 1.165) is 0 Å².